The molecule has 0 saturated carbocycles. The molecule has 2 saturated heterocycles. The van der Waals surface area contributed by atoms with Crippen LogP contribution in [0.3, 0.4) is 0 Å². The van der Waals surface area contributed by atoms with Gasteiger partial charge in [-0.15, -0.1) is 9.24 Å². The van der Waals surface area contributed by atoms with Crippen LogP contribution in [0.1, 0.15) is 40.5 Å². The van der Waals surface area contributed by atoms with Gasteiger partial charge in [-0.25, -0.2) is 0 Å². The van der Waals surface area contributed by atoms with Gasteiger partial charge in [-0.3, -0.25) is 0 Å². The Morgan fingerprint density at radius 2 is 1.27 bits per heavy atom. The third kappa shape index (κ3) is 9.91. The van der Waals surface area contributed by atoms with Gasteiger partial charge in [0.1, 0.15) is 11.6 Å². The minimum absolute atomic E-state index is 0.363. The average Bonchev–Trinajstić information content (AvgIpc) is 2.93. The third-order valence-corrected chi connectivity index (χ3v) is 6.92. The molecule has 250 valence electrons. The molecule has 23 nitrogen and oxygen atoms in total. The summed E-state index contributed by atoms with van der Waals surface area (Å²) in [6.07, 6.45) is -9.01. The second-order valence-corrected chi connectivity index (χ2v) is 11.3. The predicted molar refractivity (Wildman–Crippen MR) is 147 cm³/mol. The van der Waals surface area contributed by atoms with Crippen molar-refractivity contribution >= 4 is 21.2 Å². The van der Waals surface area contributed by atoms with E-state index in [-0.39, 0.29) is 6.42 Å². The fourth-order valence-electron chi connectivity index (χ4n) is 4.74. The van der Waals surface area contributed by atoms with Crippen LogP contribution in [0.15, 0.2) is 20.5 Å². The van der Waals surface area contributed by atoms with Gasteiger partial charge < -0.3 is 54.4 Å². The van der Waals surface area contributed by atoms with E-state index in [1.807, 2.05) is 0 Å². The molecule has 4 unspecified atom stereocenters. The summed E-state index contributed by atoms with van der Waals surface area (Å²) in [5, 5.41) is 75.8. The first-order valence-electron chi connectivity index (χ1n) is 13.1. The number of hydrogen-bond donors (Lipinski definition) is 4. The van der Waals surface area contributed by atoms with Crippen molar-refractivity contribution in [3.8, 4) is 0 Å². The van der Waals surface area contributed by atoms with Crippen molar-refractivity contribution in [3.63, 3.8) is 0 Å². The van der Waals surface area contributed by atoms with Crippen molar-refractivity contribution in [2.24, 2.45) is 20.5 Å². The fraction of sp³-hybridized carbons (Fsp3) is 0.905. The number of aliphatic hydroxyl groups is 4. The van der Waals surface area contributed by atoms with Crippen LogP contribution in [0, 0.1) is 0 Å². The number of ether oxygens (including phenoxy) is 3. The molecule has 0 aromatic carbocycles. The Morgan fingerprint density at radius 1 is 0.844 bits per heavy atom. The standard InChI is InChI=1S/C11H19N6O6P.C10H16N6O5/c1-4(18)7(14-16-12)9-8(15-17-13)6(19)3-11(23-9,10(20)21)22-5(2)24;1-4(17)6(13-15-11)8-7(14-16-12)5(18)3-10(2,21-8)9(19)20/h4-9,18-19H,3,24H2,1-2H3,(H,20,21);4-8,17-18H,3H2,1-2H3,(H,19,20)/p-2/t4-,5?,6-,7-,8-,9?,11+;4-,5-,6-,7-,8?,10-/m11/s1. The summed E-state index contributed by atoms with van der Waals surface area (Å²) >= 11 is 0. The van der Waals surface area contributed by atoms with Gasteiger partial charge in [0.2, 0.25) is 5.79 Å². The summed E-state index contributed by atoms with van der Waals surface area (Å²) < 4.78 is 16.0. The number of carboxylic acids is 2. The third-order valence-electron chi connectivity index (χ3n) is 6.78. The lowest BCUT2D eigenvalue weighted by Crippen LogP contribution is -2.65. The SMILES string of the molecule is CC(P)O[C@@]1(C(=O)[O-])C[C@@H](O)[C@@H](N=[N+]=[N-])C([C@H](N=[N+]=[N-])[C@@H](C)O)O1.C[C@@H](O)[C@@H](N=[N+]=[N-])C1O[C@@](C)(C(=O)[O-])C[C@@H](O)[C@H]1N=[N+]=[N-]. The normalized spacial score (nSPS) is 34.2. The number of aliphatic carboxylic acids is 2. The van der Waals surface area contributed by atoms with Gasteiger partial charge >= 0.3 is 0 Å². The maximum Gasteiger partial charge on any atom is 0.212 e. The Hall–Kier alpha value is -3.67. The molecule has 2 aliphatic rings. The lowest BCUT2D eigenvalue weighted by atomic mass is 9.84. The van der Waals surface area contributed by atoms with Crippen molar-refractivity contribution in [1.82, 2.24) is 0 Å². The number of azide groups is 4. The van der Waals surface area contributed by atoms with E-state index in [4.69, 9.17) is 36.3 Å². The second kappa shape index (κ2) is 17.1. The van der Waals surface area contributed by atoms with Crippen LogP contribution in [-0.2, 0) is 23.8 Å². The summed E-state index contributed by atoms with van der Waals surface area (Å²) in [5.74, 6) is -6.37. The summed E-state index contributed by atoms with van der Waals surface area (Å²) in [4.78, 5) is 33.0. The van der Waals surface area contributed by atoms with Crippen LogP contribution in [0.2, 0.25) is 0 Å². The van der Waals surface area contributed by atoms with Crippen molar-refractivity contribution in [2.45, 2.75) is 119 Å². The molecule has 4 N–H and O–H groups in total. The zero-order chi connectivity index (χ0) is 34.7. The number of carbonyl (C=O) groups is 2. The molecular weight excluding hydrogens is 627 g/mol. The molecular formula is C21H33N12O11P-2. The largest absolute Gasteiger partial charge is 0.547 e. The van der Waals surface area contributed by atoms with E-state index >= 15 is 0 Å². The first-order chi connectivity index (χ1) is 20.9. The molecule has 0 spiro atoms. The first-order valence-corrected chi connectivity index (χ1v) is 13.7. The van der Waals surface area contributed by atoms with Crippen LogP contribution >= 0.6 is 9.24 Å². The van der Waals surface area contributed by atoms with Crippen LogP contribution < -0.4 is 10.2 Å². The van der Waals surface area contributed by atoms with Crippen molar-refractivity contribution < 1.29 is 54.4 Å². The lowest BCUT2D eigenvalue weighted by Gasteiger charge is -2.48. The topological polar surface area (TPSA) is 384 Å². The molecule has 0 radical (unpaired) electrons. The van der Waals surface area contributed by atoms with E-state index in [0.717, 1.165) is 0 Å². The van der Waals surface area contributed by atoms with E-state index in [1.54, 1.807) is 0 Å². The Bertz CT molecular complexity index is 1210. The smallest absolute Gasteiger partial charge is 0.212 e. The molecule has 0 bridgehead atoms. The number of hydrogen-bond acceptors (Lipinski definition) is 15. The molecule has 24 heteroatoms. The molecule has 0 aromatic heterocycles. The second-order valence-electron chi connectivity index (χ2n) is 10.4. The van der Waals surface area contributed by atoms with Crippen molar-refractivity contribution in [1.29, 1.82) is 0 Å². The molecule has 45 heavy (non-hydrogen) atoms. The van der Waals surface area contributed by atoms with Gasteiger partial charge in [0.05, 0.1) is 72.6 Å². The van der Waals surface area contributed by atoms with Gasteiger partial charge in [0.15, 0.2) is 0 Å². The van der Waals surface area contributed by atoms with Crippen molar-refractivity contribution in [2.75, 3.05) is 0 Å². The molecule has 2 rings (SSSR count). The molecule has 2 heterocycles. The Kier molecular flexibility index (Phi) is 15.0. The van der Waals surface area contributed by atoms with Gasteiger partial charge in [-0.1, -0.05) is 20.5 Å². The summed E-state index contributed by atoms with van der Waals surface area (Å²) in [6.45, 7) is 5.27. The maximum atomic E-state index is 11.6. The van der Waals surface area contributed by atoms with E-state index in [2.05, 4.69) is 49.3 Å². The number of rotatable bonds is 12. The fourth-order valence-corrected chi connectivity index (χ4v) is 4.96. The molecule has 2 fully saturated rings. The predicted octanol–water partition coefficient (Wildman–Crippen LogP) is -1.06. The van der Waals surface area contributed by atoms with Crippen LogP contribution in [0.4, 0.5) is 0 Å². The monoisotopic (exact) mass is 660 g/mol. The highest BCUT2D eigenvalue weighted by Crippen LogP contribution is 2.37. The summed E-state index contributed by atoms with van der Waals surface area (Å²) in [5.41, 5.74) is 32.5. The average molecular weight is 661 g/mol. The minimum Gasteiger partial charge on any atom is -0.547 e. The van der Waals surface area contributed by atoms with Gasteiger partial charge in [0, 0.05) is 32.5 Å². The molecule has 0 aromatic rings. The zero-order valence-corrected chi connectivity index (χ0v) is 25.5. The first kappa shape index (κ1) is 39.4. The zero-order valence-electron chi connectivity index (χ0n) is 24.4. The molecule has 14 atom stereocenters. The number of carboxylic acid groups (broad SMARTS) is 2. The summed E-state index contributed by atoms with van der Waals surface area (Å²) in [6, 6.07) is -5.06. The van der Waals surface area contributed by atoms with E-state index in [9.17, 15) is 40.2 Å². The maximum absolute atomic E-state index is 11.6. The Morgan fingerprint density at radius 3 is 1.60 bits per heavy atom. The van der Waals surface area contributed by atoms with Crippen LogP contribution in [-0.4, -0.2) is 110 Å². The van der Waals surface area contributed by atoms with Gasteiger partial charge in [0.25, 0.3) is 0 Å². The Balaban J connectivity index is 0.000000454. The number of carbonyl (C=O) groups excluding carboxylic acids is 2. The molecule has 0 aliphatic carbocycles. The number of aliphatic hydroxyl groups excluding tert-OH is 4. The van der Waals surface area contributed by atoms with Gasteiger partial charge in [-0.05, 0) is 49.8 Å². The van der Waals surface area contributed by atoms with Crippen molar-refractivity contribution in [3.05, 3.63) is 41.8 Å². The number of nitrogens with zero attached hydrogens (tertiary/aromatic N) is 12. The highest BCUT2D eigenvalue weighted by atomic mass is 31.0. The van der Waals surface area contributed by atoms with E-state index < -0.39 is 96.4 Å². The quantitative estimate of drug-likeness (QED) is 0.0845. The van der Waals surface area contributed by atoms with E-state index in [0.29, 0.717) is 0 Å². The lowest BCUT2D eigenvalue weighted by molar-refractivity contribution is -0.379. The highest BCUT2D eigenvalue weighted by molar-refractivity contribution is 7.17. The van der Waals surface area contributed by atoms with E-state index in [1.165, 1.54) is 27.7 Å². The minimum atomic E-state index is -2.36. The van der Waals surface area contributed by atoms with Crippen LogP contribution in [0.5, 0.6) is 0 Å². The Labute approximate surface area is 256 Å². The molecule has 0 amide bonds. The van der Waals surface area contributed by atoms with Gasteiger partial charge in [-0.2, -0.15) is 0 Å². The summed E-state index contributed by atoms with van der Waals surface area (Å²) in [7, 11) is 2.20. The highest BCUT2D eigenvalue weighted by Gasteiger charge is 2.52. The molecule has 2 aliphatic heterocycles. The van der Waals surface area contributed by atoms with Crippen LogP contribution in [0.25, 0.3) is 41.8 Å².